The second-order valence-corrected chi connectivity index (χ2v) is 8.18. The lowest BCUT2D eigenvalue weighted by atomic mass is 10.0. The maximum atomic E-state index is 11.2. The third kappa shape index (κ3) is 14.5. The molecule has 1 saturated heterocycles. The number of nitrogens with zero attached hydrogens (tertiary/aromatic N) is 1. The van der Waals surface area contributed by atoms with Crippen molar-refractivity contribution in [2.75, 3.05) is 19.6 Å². The normalized spacial score (nSPS) is 15.8. The molecule has 0 aromatic carbocycles. The van der Waals surface area contributed by atoms with Crippen LogP contribution < -0.4 is 0 Å². The summed E-state index contributed by atoms with van der Waals surface area (Å²) in [7, 11) is 0. The van der Waals surface area contributed by atoms with Crippen LogP contribution >= 0.6 is 0 Å². The Bertz CT molecular complexity index is 292. The molecule has 0 aromatic heterocycles. The number of carbonyl (C=O) groups is 1. The summed E-state index contributed by atoms with van der Waals surface area (Å²) in [6, 6.07) is 0. The minimum Gasteiger partial charge on any atom is -0.302 e. The van der Waals surface area contributed by atoms with Crippen molar-refractivity contribution in [2.24, 2.45) is 0 Å². The van der Waals surface area contributed by atoms with Gasteiger partial charge >= 0.3 is 0 Å². The van der Waals surface area contributed by atoms with Crippen LogP contribution in [0.25, 0.3) is 0 Å². The van der Waals surface area contributed by atoms with Gasteiger partial charge in [-0.2, -0.15) is 0 Å². The topological polar surface area (TPSA) is 20.3 Å². The molecule has 1 aliphatic rings. The van der Waals surface area contributed by atoms with Crippen LogP contribution in [-0.2, 0) is 4.79 Å². The molecule has 0 atom stereocenters. The molecule has 1 aliphatic heterocycles. The zero-order valence-electron chi connectivity index (χ0n) is 17.2. The highest BCUT2D eigenvalue weighted by Crippen LogP contribution is 2.14. The van der Waals surface area contributed by atoms with E-state index in [0.29, 0.717) is 5.78 Å². The molecule has 0 aliphatic carbocycles. The monoisotopic (exact) mass is 351 g/mol. The standard InChI is InChI=1S/C23H45NO/c1-2-3-4-5-6-7-8-9-10-11-12-13-14-15-16-17-20-24-21-18-23(25)19-22-24/h2-22H2,1H3. The second kappa shape index (κ2) is 17.1. The molecule has 1 rings (SSSR count). The van der Waals surface area contributed by atoms with Gasteiger partial charge in [-0.05, 0) is 13.0 Å². The van der Waals surface area contributed by atoms with Crippen molar-refractivity contribution in [2.45, 2.75) is 122 Å². The summed E-state index contributed by atoms with van der Waals surface area (Å²) in [6.07, 6.45) is 24.5. The Morgan fingerprint density at radius 1 is 0.600 bits per heavy atom. The maximum absolute atomic E-state index is 11.2. The first-order valence-electron chi connectivity index (χ1n) is 11.6. The molecular formula is C23H45NO. The number of carbonyl (C=O) groups excluding carboxylic acids is 1. The first-order valence-corrected chi connectivity index (χ1v) is 11.6. The number of hydrogen-bond donors (Lipinski definition) is 0. The number of likely N-dealkylation sites (tertiary alicyclic amines) is 1. The average molecular weight is 352 g/mol. The van der Waals surface area contributed by atoms with E-state index < -0.39 is 0 Å². The molecule has 0 saturated carbocycles. The lowest BCUT2D eigenvalue weighted by Gasteiger charge is -2.25. The lowest BCUT2D eigenvalue weighted by molar-refractivity contribution is -0.121. The van der Waals surface area contributed by atoms with E-state index in [1.807, 2.05) is 0 Å². The highest BCUT2D eigenvalue weighted by molar-refractivity contribution is 5.79. The van der Waals surface area contributed by atoms with E-state index in [2.05, 4.69) is 11.8 Å². The number of hydrogen-bond acceptors (Lipinski definition) is 2. The molecule has 25 heavy (non-hydrogen) atoms. The molecule has 148 valence electrons. The van der Waals surface area contributed by atoms with Gasteiger partial charge in [0.1, 0.15) is 5.78 Å². The molecule has 0 aromatic rings. The molecule has 2 nitrogen and oxygen atoms in total. The second-order valence-electron chi connectivity index (χ2n) is 8.18. The number of Topliss-reactive ketones (excluding diaryl/α,β-unsaturated/α-hetero) is 1. The predicted octanol–water partition coefficient (Wildman–Crippen LogP) is 6.91. The zero-order chi connectivity index (χ0) is 18.0. The van der Waals surface area contributed by atoms with Crippen molar-refractivity contribution in [1.29, 1.82) is 0 Å². The maximum Gasteiger partial charge on any atom is 0.135 e. The largest absolute Gasteiger partial charge is 0.302 e. The smallest absolute Gasteiger partial charge is 0.135 e. The van der Waals surface area contributed by atoms with Crippen LogP contribution in [0, 0.1) is 0 Å². The van der Waals surface area contributed by atoms with Crippen LogP contribution in [0.4, 0.5) is 0 Å². The van der Waals surface area contributed by atoms with Crippen molar-refractivity contribution < 1.29 is 4.79 Å². The van der Waals surface area contributed by atoms with Crippen LogP contribution in [0.3, 0.4) is 0 Å². The van der Waals surface area contributed by atoms with E-state index in [1.54, 1.807) is 0 Å². The van der Waals surface area contributed by atoms with Crippen molar-refractivity contribution >= 4 is 5.78 Å². The van der Waals surface area contributed by atoms with Gasteiger partial charge in [0.15, 0.2) is 0 Å². The van der Waals surface area contributed by atoms with Gasteiger partial charge in [0, 0.05) is 25.9 Å². The van der Waals surface area contributed by atoms with Gasteiger partial charge < -0.3 is 4.90 Å². The Morgan fingerprint density at radius 3 is 1.36 bits per heavy atom. The first kappa shape index (κ1) is 22.7. The van der Waals surface area contributed by atoms with Gasteiger partial charge in [0.05, 0.1) is 0 Å². The molecule has 1 fully saturated rings. The van der Waals surface area contributed by atoms with Crippen molar-refractivity contribution in [1.82, 2.24) is 4.90 Å². The van der Waals surface area contributed by atoms with Gasteiger partial charge in [-0.25, -0.2) is 0 Å². The van der Waals surface area contributed by atoms with Crippen LogP contribution in [0.5, 0.6) is 0 Å². The van der Waals surface area contributed by atoms with Gasteiger partial charge in [-0.1, -0.05) is 103 Å². The number of ketones is 1. The molecular weight excluding hydrogens is 306 g/mol. The number of unbranched alkanes of at least 4 members (excludes halogenated alkanes) is 15. The third-order valence-corrected chi connectivity index (χ3v) is 5.74. The summed E-state index contributed by atoms with van der Waals surface area (Å²) in [4.78, 5) is 13.7. The first-order chi connectivity index (χ1) is 12.3. The quantitative estimate of drug-likeness (QED) is 0.265. The summed E-state index contributed by atoms with van der Waals surface area (Å²) in [5.41, 5.74) is 0. The Kier molecular flexibility index (Phi) is 15.5. The fourth-order valence-corrected chi connectivity index (χ4v) is 3.91. The Hall–Kier alpha value is -0.370. The lowest BCUT2D eigenvalue weighted by Crippen LogP contribution is -2.34. The van der Waals surface area contributed by atoms with E-state index in [1.165, 1.54) is 109 Å². The fourth-order valence-electron chi connectivity index (χ4n) is 3.91. The molecule has 0 amide bonds. The summed E-state index contributed by atoms with van der Waals surface area (Å²) < 4.78 is 0. The van der Waals surface area contributed by atoms with E-state index in [-0.39, 0.29) is 0 Å². The van der Waals surface area contributed by atoms with Gasteiger partial charge in [-0.3, -0.25) is 4.79 Å². The molecule has 2 heteroatoms. The van der Waals surface area contributed by atoms with Gasteiger partial charge in [0.2, 0.25) is 0 Å². The van der Waals surface area contributed by atoms with E-state index in [4.69, 9.17) is 0 Å². The Balaban J connectivity index is 1.69. The van der Waals surface area contributed by atoms with Gasteiger partial charge in [-0.15, -0.1) is 0 Å². The fraction of sp³-hybridized carbons (Fsp3) is 0.957. The minimum atomic E-state index is 0.461. The number of rotatable bonds is 17. The van der Waals surface area contributed by atoms with Crippen LogP contribution in [0.2, 0.25) is 0 Å². The van der Waals surface area contributed by atoms with E-state index in [9.17, 15) is 4.79 Å². The van der Waals surface area contributed by atoms with Crippen LogP contribution in [0.1, 0.15) is 122 Å². The molecule has 0 unspecified atom stereocenters. The molecule has 0 N–H and O–H groups in total. The molecule has 0 spiro atoms. The molecule has 0 radical (unpaired) electrons. The Morgan fingerprint density at radius 2 is 0.960 bits per heavy atom. The summed E-state index contributed by atoms with van der Waals surface area (Å²) in [5.74, 6) is 0.461. The zero-order valence-corrected chi connectivity index (χ0v) is 17.2. The minimum absolute atomic E-state index is 0.461. The van der Waals surface area contributed by atoms with Gasteiger partial charge in [0.25, 0.3) is 0 Å². The molecule has 0 bridgehead atoms. The van der Waals surface area contributed by atoms with Crippen LogP contribution in [0.15, 0.2) is 0 Å². The molecule has 1 heterocycles. The summed E-state index contributed by atoms with van der Waals surface area (Å²) in [6.45, 7) is 5.53. The average Bonchev–Trinajstić information content (AvgIpc) is 2.63. The van der Waals surface area contributed by atoms with E-state index in [0.717, 1.165) is 25.9 Å². The van der Waals surface area contributed by atoms with E-state index >= 15 is 0 Å². The third-order valence-electron chi connectivity index (χ3n) is 5.74. The highest BCUT2D eigenvalue weighted by Gasteiger charge is 2.14. The predicted molar refractivity (Wildman–Crippen MR) is 110 cm³/mol. The van der Waals surface area contributed by atoms with Crippen molar-refractivity contribution in [3.05, 3.63) is 0 Å². The summed E-state index contributed by atoms with van der Waals surface area (Å²) >= 11 is 0. The van der Waals surface area contributed by atoms with Crippen molar-refractivity contribution in [3.63, 3.8) is 0 Å². The summed E-state index contributed by atoms with van der Waals surface area (Å²) in [5, 5.41) is 0. The Labute approximate surface area is 158 Å². The number of piperidine rings is 1. The highest BCUT2D eigenvalue weighted by atomic mass is 16.1. The SMILES string of the molecule is CCCCCCCCCCCCCCCCCCN1CCC(=O)CC1. The van der Waals surface area contributed by atoms with Crippen LogP contribution in [-0.4, -0.2) is 30.3 Å². The van der Waals surface area contributed by atoms with Crippen molar-refractivity contribution in [3.8, 4) is 0 Å².